The summed E-state index contributed by atoms with van der Waals surface area (Å²) in [5.41, 5.74) is 6.71. The highest BCUT2D eigenvalue weighted by molar-refractivity contribution is 6.35. The van der Waals surface area contributed by atoms with Crippen molar-refractivity contribution in [1.82, 2.24) is 29.0 Å². The van der Waals surface area contributed by atoms with Crippen LogP contribution >= 0.6 is 11.6 Å². The van der Waals surface area contributed by atoms with Gasteiger partial charge in [-0.15, -0.1) is 0 Å². The van der Waals surface area contributed by atoms with Gasteiger partial charge in [0.1, 0.15) is 34.3 Å². The summed E-state index contributed by atoms with van der Waals surface area (Å²) >= 11 is 6.60. The first-order chi connectivity index (χ1) is 20.5. The van der Waals surface area contributed by atoms with E-state index in [4.69, 9.17) is 27.1 Å². The number of nitrogens with zero attached hydrogens (tertiary/aromatic N) is 6. The number of anilines is 2. The van der Waals surface area contributed by atoms with Crippen molar-refractivity contribution in [2.24, 2.45) is 7.05 Å². The van der Waals surface area contributed by atoms with Crippen LogP contribution in [0, 0.1) is 0 Å². The number of fused-ring (bicyclic) bond motifs is 2. The minimum Gasteiger partial charge on any atom is -0.493 e. The van der Waals surface area contributed by atoms with Gasteiger partial charge in [0.25, 0.3) is 5.91 Å². The first-order valence-corrected chi connectivity index (χ1v) is 14.1. The molecule has 2 aliphatic heterocycles. The Bertz CT molecular complexity index is 1750. The number of hydrogen-bond donors (Lipinski definition) is 2. The van der Waals surface area contributed by atoms with Crippen molar-refractivity contribution in [3.05, 3.63) is 52.7 Å². The third-order valence-corrected chi connectivity index (χ3v) is 8.29. The number of nitrogens with two attached hydrogens (primary N) is 1. The number of halogens is 4. The van der Waals surface area contributed by atoms with Crippen molar-refractivity contribution in [1.29, 1.82) is 0 Å². The first-order valence-electron chi connectivity index (χ1n) is 13.8. The molecule has 0 unspecified atom stereocenters. The fourth-order valence-corrected chi connectivity index (χ4v) is 6.25. The van der Waals surface area contributed by atoms with E-state index >= 15 is 0 Å². The number of ether oxygens (including phenoxy) is 1. The molecule has 3 N–H and O–H groups in total. The summed E-state index contributed by atoms with van der Waals surface area (Å²) in [4.78, 5) is 36.8. The normalized spacial score (nSPS) is 18.7. The van der Waals surface area contributed by atoms with E-state index in [9.17, 15) is 22.8 Å². The molecule has 5 heterocycles. The second kappa shape index (κ2) is 10.7. The maximum Gasteiger partial charge on any atom is 0.433 e. The molecule has 4 aromatic rings. The molecule has 0 aliphatic carbocycles. The lowest BCUT2D eigenvalue weighted by molar-refractivity contribution is -0.143. The van der Waals surface area contributed by atoms with Gasteiger partial charge in [0.2, 0.25) is 5.91 Å². The standard InChI is InChI=1S/C28H28ClF3N8O3/c1-3-43-19-11-16(27(42)35-21-12-20(28(30,31)32)38(2)37-21)18(29)10-17(19)23-24-25(33)34-8-9-39(24)26(36-23)14-4-5-15-6-7-22(41)40(15)13-14/h8-12,14-15H,3-7,13H2,1-2H3,(H2,33,34)(H,35,37,42)/t14-,15+/m1/s1. The summed E-state index contributed by atoms with van der Waals surface area (Å²) in [7, 11) is 1.13. The van der Waals surface area contributed by atoms with E-state index in [0.29, 0.717) is 40.2 Å². The van der Waals surface area contributed by atoms with Crippen molar-refractivity contribution in [2.45, 2.75) is 50.7 Å². The van der Waals surface area contributed by atoms with Crippen molar-refractivity contribution in [3.8, 4) is 17.0 Å². The molecule has 15 heteroatoms. The number of nitrogen functional groups attached to an aromatic ring is 1. The Morgan fingerprint density at radius 3 is 2.74 bits per heavy atom. The number of amides is 2. The van der Waals surface area contributed by atoms with Crippen LogP contribution in [0.5, 0.6) is 5.75 Å². The zero-order valence-electron chi connectivity index (χ0n) is 23.3. The van der Waals surface area contributed by atoms with Crippen LogP contribution in [0.4, 0.5) is 24.8 Å². The highest BCUT2D eigenvalue weighted by Crippen LogP contribution is 2.42. The van der Waals surface area contributed by atoms with Crippen LogP contribution in [0.1, 0.15) is 60.4 Å². The minimum absolute atomic E-state index is 0.0104. The van der Waals surface area contributed by atoms with E-state index in [0.717, 1.165) is 32.4 Å². The zero-order chi connectivity index (χ0) is 30.6. The number of carbonyl (C=O) groups excluding carboxylic acids is 2. The molecule has 226 valence electrons. The van der Waals surface area contributed by atoms with Crippen molar-refractivity contribution in [3.63, 3.8) is 0 Å². The minimum atomic E-state index is -4.64. The summed E-state index contributed by atoms with van der Waals surface area (Å²) in [5.74, 6) is 0.253. The van der Waals surface area contributed by atoms with Gasteiger partial charge in [0.05, 0.1) is 17.2 Å². The highest BCUT2D eigenvalue weighted by atomic mass is 35.5. The molecular weight excluding hydrogens is 589 g/mol. The molecule has 0 radical (unpaired) electrons. The van der Waals surface area contributed by atoms with Crippen LogP contribution in [0.2, 0.25) is 5.02 Å². The molecule has 0 saturated carbocycles. The number of aryl methyl sites for hydroxylation is 1. The van der Waals surface area contributed by atoms with E-state index in [1.54, 1.807) is 19.3 Å². The lowest BCUT2D eigenvalue weighted by Gasteiger charge is -2.34. The molecule has 6 rings (SSSR count). The fourth-order valence-electron chi connectivity index (χ4n) is 6.00. The number of carbonyl (C=O) groups is 2. The third kappa shape index (κ3) is 5.13. The second-order valence-corrected chi connectivity index (χ2v) is 11.0. The van der Waals surface area contributed by atoms with Crippen LogP contribution in [0.3, 0.4) is 0 Å². The van der Waals surface area contributed by atoms with Crippen molar-refractivity contribution in [2.75, 3.05) is 24.2 Å². The number of nitrogens with one attached hydrogen (secondary N) is 1. The molecule has 2 amide bonds. The molecule has 11 nitrogen and oxygen atoms in total. The topological polar surface area (TPSA) is 133 Å². The molecule has 1 aromatic carbocycles. The van der Waals surface area contributed by atoms with Gasteiger partial charge in [0.15, 0.2) is 5.82 Å². The SMILES string of the molecule is CCOc1cc(C(=O)Nc2cc(C(F)(F)F)n(C)n2)c(Cl)cc1-c1nc([C@@H]2CC[C@H]3CCC(=O)N3C2)n2ccnc(N)c12. The average Bonchev–Trinajstić information content (AvgIpc) is 3.64. The zero-order valence-corrected chi connectivity index (χ0v) is 24.0. The van der Waals surface area contributed by atoms with Gasteiger partial charge in [0, 0.05) is 56.0 Å². The Morgan fingerprint density at radius 1 is 1.23 bits per heavy atom. The Morgan fingerprint density at radius 2 is 2.02 bits per heavy atom. The summed E-state index contributed by atoms with van der Waals surface area (Å²) in [6, 6.07) is 3.92. The molecule has 2 saturated heterocycles. The van der Waals surface area contributed by atoms with Gasteiger partial charge in [-0.2, -0.15) is 18.3 Å². The van der Waals surface area contributed by atoms with Gasteiger partial charge in [-0.3, -0.25) is 18.7 Å². The summed E-state index contributed by atoms with van der Waals surface area (Å²) in [6.45, 7) is 2.55. The third-order valence-electron chi connectivity index (χ3n) is 7.97. The molecule has 0 bridgehead atoms. The van der Waals surface area contributed by atoms with Gasteiger partial charge >= 0.3 is 6.18 Å². The van der Waals surface area contributed by atoms with Crippen molar-refractivity contribution < 1.29 is 27.5 Å². The summed E-state index contributed by atoms with van der Waals surface area (Å²) < 4.78 is 48.0. The lowest BCUT2D eigenvalue weighted by atomic mass is 9.92. The van der Waals surface area contributed by atoms with E-state index < -0.39 is 17.8 Å². The molecule has 3 aromatic heterocycles. The Labute approximate surface area is 248 Å². The Kier molecular flexibility index (Phi) is 7.19. The molecule has 0 spiro atoms. The highest BCUT2D eigenvalue weighted by Gasteiger charge is 2.39. The van der Waals surface area contributed by atoms with Crippen LogP contribution < -0.4 is 15.8 Å². The van der Waals surface area contributed by atoms with Crippen LogP contribution in [-0.4, -0.2) is 60.1 Å². The number of rotatable bonds is 6. The predicted molar refractivity (Wildman–Crippen MR) is 152 cm³/mol. The molecule has 2 fully saturated rings. The molecule has 2 atom stereocenters. The molecule has 43 heavy (non-hydrogen) atoms. The van der Waals surface area contributed by atoms with E-state index in [1.807, 2.05) is 9.30 Å². The van der Waals surface area contributed by atoms with Gasteiger partial charge in [-0.25, -0.2) is 9.97 Å². The van der Waals surface area contributed by atoms with Crippen molar-refractivity contribution >= 4 is 40.6 Å². The van der Waals surface area contributed by atoms with Gasteiger partial charge in [-0.05, 0) is 38.3 Å². The number of aromatic nitrogens is 5. The van der Waals surface area contributed by atoms with Crippen LogP contribution in [0.25, 0.3) is 16.8 Å². The Balaban J connectivity index is 1.39. The number of benzene rings is 1. The number of piperidine rings is 1. The van der Waals surface area contributed by atoms with E-state index in [-0.39, 0.29) is 52.4 Å². The lowest BCUT2D eigenvalue weighted by Crippen LogP contribution is -2.41. The number of alkyl halides is 3. The van der Waals surface area contributed by atoms with Gasteiger partial charge < -0.3 is 20.7 Å². The fraction of sp³-hybridized carbons (Fsp3) is 0.393. The van der Waals surface area contributed by atoms with Gasteiger partial charge in [-0.1, -0.05) is 11.6 Å². The second-order valence-electron chi connectivity index (χ2n) is 10.6. The van der Waals surface area contributed by atoms with Crippen LogP contribution in [0.15, 0.2) is 30.6 Å². The number of hydrogen-bond acceptors (Lipinski definition) is 7. The predicted octanol–water partition coefficient (Wildman–Crippen LogP) is 4.90. The summed E-state index contributed by atoms with van der Waals surface area (Å²) in [5, 5.41) is 6.13. The monoisotopic (exact) mass is 616 g/mol. The Hall–Kier alpha value is -4.33. The maximum atomic E-state index is 13.2. The quantitative estimate of drug-likeness (QED) is 0.315. The maximum absolute atomic E-state index is 13.2. The number of imidazole rings is 1. The molecule has 2 aliphatic rings. The van der Waals surface area contributed by atoms with E-state index in [2.05, 4.69) is 15.4 Å². The average molecular weight is 617 g/mol. The first kappa shape index (κ1) is 28.8. The molecular formula is C28H28ClF3N8O3. The largest absolute Gasteiger partial charge is 0.493 e. The summed E-state index contributed by atoms with van der Waals surface area (Å²) in [6.07, 6.45) is 1.85. The van der Waals surface area contributed by atoms with E-state index in [1.165, 1.54) is 12.1 Å². The smallest absolute Gasteiger partial charge is 0.433 e. The van der Waals surface area contributed by atoms with Crippen LogP contribution in [-0.2, 0) is 18.0 Å².